The molecule has 19 heavy (non-hydrogen) atoms. The summed E-state index contributed by atoms with van der Waals surface area (Å²) < 4.78 is 0. The number of amides is 1. The third-order valence-electron chi connectivity index (χ3n) is 3.18. The average molecular weight is 280 g/mol. The summed E-state index contributed by atoms with van der Waals surface area (Å²) in [5, 5.41) is 9.03. The molecular weight excluding hydrogens is 264 g/mol. The molecule has 0 bridgehead atoms. The first-order chi connectivity index (χ1) is 9.04. The van der Waals surface area contributed by atoms with Gasteiger partial charge in [-0.25, -0.2) is 4.79 Å². The molecule has 102 valence electrons. The van der Waals surface area contributed by atoms with Crippen molar-refractivity contribution in [1.82, 2.24) is 4.90 Å². The number of carbonyl (C=O) groups is 2. The van der Waals surface area contributed by atoms with Crippen LogP contribution in [0.25, 0.3) is 0 Å². The number of aliphatic carboxylic acids is 1. The Morgan fingerprint density at radius 3 is 2.58 bits per heavy atom. The monoisotopic (exact) mass is 280 g/mol. The van der Waals surface area contributed by atoms with Crippen LogP contribution in [0.4, 0.5) is 0 Å². The molecule has 6 heteroatoms. The van der Waals surface area contributed by atoms with Crippen molar-refractivity contribution in [2.45, 2.75) is 24.9 Å². The highest BCUT2D eigenvalue weighted by Crippen LogP contribution is 2.30. The van der Waals surface area contributed by atoms with E-state index in [4.69, 9.17) is 10.8 Å². The SMILES string of the molecule is CC1SCC(C(=O)O)N1C(=O)c1ccc(CN)cc1. The second-order valence-corrected chi connectivity index (χ2v) is 5.75. The molecule has 0 aromatic heterocycles. The molecule has 2 rings (SSSR count). The van der Waals surface area contributed by atoms with Gasteiger partial charge in [-0.1, -0.05) is 12.1 Å². The molecule has 0 saturated carbocycles. The van der Waals surface area contributed by atoms with Crippen molar-refractivity contribution in [3.05, 3.63) is 35.4 Å². The van der Waals surface area contributed by atoms with Gasteiger partial charge in [-0.15, -0.1) is 11.8 Å². The molecule has 1 aromatic carbocycles. The summed E-state index contributed by atoms with van der Waals surface area (Å²) in [6.07, 6.45) is 0. The number of carbonyl (C=O) groups excluding carboxylic acids is 1. The van der Waals surface area contributed by atoms with Crippen molar-refractivity contribution in [2.24, 2.45) is 5.73 Å². The van der Waals surface area contributed by atoms with Crippen molar-refractivity contribution >= 4 is 23.6 Å². The summed E-state index contributed by atoms with van der Waals surface area (Å²) in [6, 6.07) is 6.22. The largest absolute Gasteiger partial charge is 0.480 e. The van der Waals surface area contributed by atoms with E-state index in [1.807, 2.05) is 6.92 Å². The summed E-state index contributed by atoms with van der Waals surface area (Å²) in [5.74, 6) is -0.763. The van der Waals surface area contributed by atoms with Crippen LogP contribution in [-0.2, 0) is 11.3 Å². The predicted octanol–water partition coefficient (Wildman–Crippen LogP) is 1.13. The molecule has 1 aliphatic heterocycles. The summed E-state index contributed by atoms with van der Waals surface area (Å²) in [7, 11) is 0. The number of hydrogen-bond acceptors (Lipinski definition) is 4. The van der Waals surface area contributed by atoms with E-state index >= 15 is 0 Å². The van der Waals surface area contributed by atoms with Gasteiger partial charge in [-0.05, 0) is 24.6 Å². The van der Waals surface area contributed by atoms with Crippen LogP contribution in [0.3, 0.4) is 0 Å². The number of carboxylic acid groups (broad SMARTS) is 1. The van der Waals surface area contributed by atoms with Gasteiger partial charge in [0.05, 0.1) is 5.37 Å². The highest BCUT2D eigenvalue weighted by molar-refractivity contribution is 8.00. The number of nitrogens with two attached hydrogens (primary N) is 1. The first-order valence-electron chi connectivity index (χ1n) is 6.00. The Kier molecular flexibility index (Phi) is 4.11. The van der Waals surface area contributed by atoms with Crippen LogP contribution in [0.2, 0.25) is 0 Å². The van der Waals surface area contributed by atoms with Gasteiger partial charge in [-0.2, -0.15) is 0 Å². The summed E-state index contributed by atoms with van der Waals surface area (Å²) >= 11 is 1.48. The minimum absolute atomic E-state index is 0.122. The van der Waals surface area contributed by atoms with Crippen LogP contribution >= 0.6 is 11.8 Å². The van der Waals surface area contributed by atoms with E-state index in [2.05, 4.69) is 0 Å². The molecule has 1 heterocycles. The Morgan fingerprint density at radius 1 is 1.42 bits per heavy atom. The normalized spacial score (nSPS) is 22.5. The highest BCUT2D eigenvalue weighted by Gasteiger charge is 2.39. The van der Waals surface area contributed by atoms with E-state index in [1.165, 1.54) is 16.7 Å². The van der Waals surface area contributed by atoms with Gasteiger partial charge in [0.1, 0.15) is 6.04 Å². The molecule has 1 saturated heterocycles. The minimum atomic E-state index is -0.955. The van der Waals surface area contributed by atoms with E-state index in [1.54, 1.807) is 24.3 Å². The van der Waals surface area contributed by atoms with Crippen molar-refractivity contribution in [2.75, 3.05) is 5.75 Å². The maximum Gasteiger partial charge on any atom is 0.327 e. The van der Waals surface area contributed by atoms with Gasteiger partial charge in [0, 0.05) is 17.9 Å². The fraction of sp³-hybridized carbons (Fsp3) is 0.385. The average Bonchev–Trinajstić information content (AvgIpc) is 2.80. The Morgan fingerprint density at radius 2 is 2.05 bits per heavy atom. The third-order valence-corrected chi connectivity index (χ3v) is 4.40. The quantitative estimate of drug-likeness (QED) is 0.867. The maximum atomic E-state index is 12.4. The second-order valence-electron chi connectivity index (χ2n) is 4.40. The standard InChI is InChI=1S/C13H16N2O3S/c1-8-15(11(7-19-8)13(17)18)12(16)10-4-2-9(6-14)3-5-10/h2-5,8,11H,6-7,14H2,1H3,(H,17,18). The Labute approximate surface area is 115 Å². The molecule has 0 spiro atoms. The molecule has 2 atom stereocenters. The highest BCUT2D eigenvalue weighted by atomic mass is 32.2. The number of rotatable bonds is 3. The first kappa shape index (κ1) is 13.9. The Hall–Kier alpha value is -1.53. The number of thioether (sulfide) groups is 1. The first-order valence-corrected chi connectivity index (χ1v) is 7.05. The van der Waals surface area contributed by atoms with Crippen LogP contribution in [0.5, 0.6) is 0 Å². The summed E-state index contributed by atoms with van der Waals surface area (Å²) in [4.78, 5) is 25.0. The number of benzene rings is 1. The second kappa shape index (κ2) is 5.63. The molecule has 3 N–H and O–H groups in total. The molecule has 1 fully saturated rings. The maximum absolute atomic E-state index is 12.4. The molecule has 2 unspecified atom stereocenters. The zero-order chi connectivity index (χ0) is 14.0. The number of carboxylic acids is 1. The van der Waals surface area contributed by atoms with E-state index in [0.717, 1.165) is 5.56 Å². The summed E-state index contributed by atoms with van der Waals surface area (Å²) in [6.45, 7) is 2.27. The van der Waals surface area contributed by atoms with E-state index < -0.39 is 12.0 Å². The van der Waals surface area contributed by atoms with Gasteiger partial charge >= 0.3 is 5.97 Å². The van der Waals surface area contributed by atoms with E-state index in [0.29, 0.717) is 17.9 Å². The van der Waals surface area contributed by atoms with E-state index in [9.17, 15) is 9.59 Å². The van der Waals surface area contributed by atoms with Crippen LogP contribution in [-0.4, -0.2) is 39.1 Å². The minimum Gasteiger partial charge on any atom is -0.480 e. The molecular formula is C13H16N2O3S. The lowest BCUT2D eigenvalue weighted by molar-refractivity contribution is -0.141. The predicted molar refractivity (Wildman–Crippen MR) is 73.8 cm³/mol. The van der Waals surface area contributed by atoms with Crippen molar-refractivity contribution in [1.29, 1.82) is 0 Å². The molecule has 0 aliphatic carbocycles. The lowest BCUT2D eigenvalue weighted by Crippen LogP contribution is -2.44. The molecule has 5 nitrogen and oxygen atoms in total. The van der Waals surface area contributed by atoms with Crippen LogP contribution in [0, 0.1) is 0 Å². The fourth-order valence-corrected chi connectivity index (χ4v) is 3.24. The Bertz CT molecular complexity index is 489. The smallest absolute Gasteiger partial charge is 0.327 e. The van der Waals surface area contributed by atoms with Crippen LogP contribution in [0.15, 0.2) is 24.3 Å². The van der Waals surface area contributed by atoms with Crippen LogP contribution < -0.4 is 5.73 Å². The van der Waals surface area contributed by atoms with Gasteiger partial charge in [0.25, 0.3) is 5.91 Å². The third kappa shape index (κ3) is 2.74. The van der Waals surface area contributed by atoms with Crippen LogP contribution in [0.1, 0.15) is 22.8 Å². The van der Waals surface area contributed by atoms with Crippen molar-refractivity contribution in [3.8, 4) is 0 Å². The topological polar surface area (TPSA) is 83.6 Å². The lowest BCUT2D eigenvalue weighted by atomic mass is 10.1. The van der Waals surface area contributed by atoms with Gasteiger partial charge in [0.2, 0.25) is 0 Å². The van der Waals surface area contributed by atoms with E-state index in [-0.39, 0.29) is 11.3 Å². The van der Waals surface area contributed by atoms with Crippen molar-refractivity contribution in [3.63, 3.8) is 0 Å². The lowest BCUT2D eigenvalue weighted by Gasteiger charge is -2.25. The molecule has 1 aromatic rings. The number of hydrogen-bond donors (Lipinski definition) is 2. The Balaban J connectivity index is 2.23. The molecule has 0 radical (unpaired) electrons. The fourth-order valence-electron chi connectivity index (χ4n) is 2.07. The molecule has 1 amide bonds. The van der Waals surface area contributed by atoms with Crippen molar-refractivity contribution < 1.29 is 14.7 Å². The summed E-state index contributed by atoms with van der Waals surface area (Å²) in [5.41, 5.74) is 6.94. The zero-order valence-electron chi connectivity index (χ0n) is 10.6. The van der Waals surface area contributed by atoms with Gasteiger partial charge in [0.15, 0.2) is 0 Å². The zero-order valence-corrected chi connectivity index (χ0v) is 11.4. The van der Waals surface area contributed by atoms with Gasteiger partial charge in [-0.3, -0.25) is 4.79 Å². The molecule has 1 aliphatic rings. The van der Waals surface area contributed by atoms with Gasteiger partial charge < -0.3 is 15.7 Å². The number of nitrogens with zero attached hydrogens (tertiary/aromatic N) is 1.